The molecule has 0 aromatic rings. The summed E-state index contributed by atoms with van der Waals surface area (Å²) in [6, 6.07) is 0.565. The fraction of sp³-hybridized carbons (Fsp3) is 1.00. The van der Waals surface area contributed by atoms with Crippen molar-refractivity contribution in [1.29, 1.82) is 0 Å². The summed E-state index contributed by atoms with van der Waals surface area (Å²) in [5, 5.41) is 2.05. The van der Waals surface area contributed by atoms with Crippen molar-refractivity contribution in [1.82, 2.24) is 10.2 Å². The van der Waals surface area contributed by atoms with Crippen LogP contribution in [0.1, 0.15) is 12.8 Å². The van der Waals surface area contributed by atoms with Crippen molar-refractivity contribution in [2.75, 3.05) is 26.7 Å². The normalized spacial score (nSPS) is 37.0. The van der Waals surface area contributed by atoms with Crippen LogP contribution >= 0.6 is 0 Å². The second-order valence-corrected chi connectivity index (χ2v) is 5.00. The van der Waals surface area contributed by atoms with Gasteiger partial charge < -0.3 is 15.0 Å². The fourth-order valence-corrected chi connectivity index (χ4v) is 2.67. The van der Waals surface area contributed by atoms with Crippen LogP contribution in [0.4, 0.5) is 0 Å². The van der Waals surface area contributed by atoms with E-state index in [2.05, 4.69) is 17.3 Å². The van der Waals surface area contributed by atoms with Gasteiger partial charge in [0.15, 0.2) is 0 Å². The van der Waals surface area contributed by atoms with E-state index in [0.717, 1.165) is 19.5 Å². The first kappa shape index (κ1) is 11.6. The molecule has 0 amide bonds. The molecule has 15 heavy (non-hydrogen) atoms. The lowest BCUT2D eigenvalue weighted by Crippen LogP contribution is -2.61. The fourth-order valence-electron chi connectivity index (χ4n) is 2.67. The molecular formula is C9H15B3N2O. The summed E-state index contributed by atoms with van der Waals surface area (Å²) in [5.41, 5.74) is -0.0129. The highest BCUT2D eigenvalue weighted by atomic mass is 16.5. The molecule has 0 aromatic carbocycles. The first-order valence-electron chi connectivity index (χ1n) is 5.35. The van der Waals surface area contributed by atoms with Gasteiger partial charge in [-0.05, 0) is 25.2 Å². The van der Waals surface area contributed by atoms with E-state index in [1.807, 2.05) is 0 Å². The summed E-state index contributed by atoms with van der Waals surface area (Å²) in [4.78, 5) is 2.31. The predicted molar refractivity (Wildman–Crippen MR) is 62.3 cm³/mol. The molecule has 2 bridgehead atoms. The SMILES string of the molecule is [B]C([B])([B])OC[C@]12CCC(CN(C)C1)N2. The molecule has 0 aliphatic carbocycles. The Kier molecular flexibility index (Phi) is 2.95. The molecule has 2 saturated heterocycles. The number of nitrogens with one attached hydrogen (secondary N) is 1. The molecule has 0 aromatic heterocycles. The van der Waals surface area contributed by atoms with E-state index in [4.69, 9.17) is 28.3 Å². The Balaban J connectivity index is 1.95. The summed E-state index contributed by atoms with van der Waals surface area (Å²) in [6.07, 6.45) is 2.28. The Morgan fingerprint density at radius 2 is 2.27 bits per heavy atom. The van der Waals surface area contributed by atoms with E-state index in [-0.39, 0.29) is 5.54 Å². The molecule has 2 atom stereocenters. The van der Waals surface area contributed by atoms with Gasteiger partial charge in [-0.1, -0.05) is 0 Å². The average molecular weight is 200 g/mol. The van der Waals surface area contributed by atoms with Crippen molar-refractivity contribution in [3.8, 4) is 0 Å². The van der Waals surface area contributed by atoms with E-state index in [1.54, 1.807) is 0 Å². The highest BCUT2D eigenvalue weighted by molar-refractivity contribution is 6.58. The molecule has 2 heterocycles. The number of nitrogens with zero attached hydrogens (tertiary/aromatic N) is 1. The first-order valence-corrected chi connectivity index (χ1v) is 5.35. The standard InChI is InChI=1S/C9H15B3N2O/c1-14-4-7-2-3-8(5-14,13-7)6-15-9(10,11)12/h7,13H,2-6H2,1H3/t7?,8-/m0/s1. The zero-order valence-electron chi connectivity index (χ0n) is 9.20. The van der Waals surface area contributed by atoms with Gasteiger partial charge in [-0.3, -0.25) is 0 Å². The van der Waals surface area contributed by atoms with Crippen LogP contribution in [-0.2, 0) is 4.74 Å². The third-order valence-electron chi connectivity index (χ3n) is 3.18. The molecule has 0 spiro atoms. The Morgan fingerprint density at radius 3 is 2.93 bits per heavy atom. The van der Waals surface area contributed by atoms with E-state index >= 15 is 0 Å². The third-order valence-corrected chi connectivity index (χ3v) is 3.18. The minimum absolute atomic E-state index is 0.0129. The maximum absolute atomic E-state index is 5.41. The van der Waals surface area contributed by atoms with E-state index < -0.39 is 5.30 Å². The van der Waals surface area contributed by atoms with Gasteiger partial charge in [0.25, 0.3) is 0 Å². The van der Waals surface area contributed by atoms with E-state index in [0.29, 0.717) is 12.6 Å². The molecular weight excluding hydrogens is 185 g/mol. The minimum Gasteiger partial charge on any atom is -0.401 e. The molecule has 6 radical (unpaired) electrons. The maximum atomic E-state index is 5.41. The topological polar surface area (TPSA) is 24.5 Å². The van der Waals surface area contributed by atoms with Crippen molar-refractivity contribution in [3.63, 3.8) is 0 Å². The number of likely N-dealkylation sites (tertiary alicyclic amines) is 1. The zero-order valence-corrected chi connectivity index (χ0v) is 9.20. The second-order valence-electron chi connectivity index (χ2n) is 5.00. The van der Waals surface area contributed by atoms with Crippen LogP contribution in [-0.4, -0.2) is 72.1 Å². The molecule has 2 aliphatic heterocycles. The molecule has 1 N–H and O–H groups in total. The zero-order chi connectivity index (χ0) is 11.1. The van der Waals surface area contributed by atoms with Gasteiger partial charge in [-0.25, -0.2) is 0 Å². The molecule has 0 saturated carbocycles. The smallest absolute Gasteiger partial charge is 0.0861 e. The van der Waals surface area contributed by atoms with Gasteiger partial charge in [-0.15, -0.1) is 0 Å². The summed E-state index contributed by atoms with van der Waals surface area (Å²) >= 11 is 0. The average Bonchev–Trinajstić information content (AvgIpc) is 2.39. The quantitative estimate of drug-likeness (QED) is 0.564. The highest BCUT2D eigenvalue weighted by Crippen LogP contribution is 2.29. The Hall–Kier alpha value is 0.0748. The van der Waals surface area contributed by atoms with Crippen molar-refractivity contribution >= 4 is 23.5 Å². The number of hydrogen-bond acceptors (Lipinski definition) is 3. The number of hydrogen-bond donors (Lipinski definition) is 1. The van der Waals surface area contributed by atoms with E-state index in [1.165, 1.54) is 6.42 Å². The number of piperazine rings is 1. The monoisotopic (exact) mass is 200 g/mol. The molecule has 2 aliphatic rings. The van der Waals surface area contributed by atoms with Gasteiger partial charge in [0.2, 0.25) is 0 Å². The lowest BCUT2D eigenvalue weighted by molar-refractivity contribution is 0.0388. The molecule has 6 heteroatoms. The van der Waals surface area contributed by atoms with Crippen LogP contribution in [0.2, 0.25) is 0 Å². The lowest BCUT2D eigenvalue weighted by atomic mass is 9.52. The summed E-state index contributed by atoms with van der Waals surface area (Å²) < 4.78 is 5.28. The Bertz CT molecular complexity index is 246. The Morgan fingerprint density at radius 1 is 1.53 bits per heavy atom. The number of fused-ring (bicyclic) bond motifs is 2. The number of likely N-dealkylation sites (N-methyl/N-ethyl adjacent to an activating group) is 1. The van der Waals surface area contributed by atoms with Gasteiger partial charge >= 0.3 is 0 Å². The molecule has 2 fully saturated rings. The maximum Gasteiger partial charge on any atom is 0.0861 e. The van der Waals surface area contributed by atoms with Crippen LogP contribution in [0, 0.1) is 0 Å². The van der Waals surface area contributed by atoms with Crippen molar-refractivity contribution in [2.24, 2.45) is 0 Å². The van der Waals surface area contributed by atoms with Gasteiger partial charge in [0.1, 0.15) is 0 Å². The summed E-state index contributed by atoms with van der Waals surface area (Å²) in [6.45, 7) is 2.53. The Labute approximate surface area is 95.5 Å². The van der Waals surface area contributed by atoms with Crippen LogP contribution in [0.15, 0.2) is 0 Å². The molecule has 1 unspecified atom stereocenters. The van der Waals surface area contributed by atoms with Crippen LogP contribution in [0.5, 0.6) is 0 Å². The predicted octanol–water partition coefficient (Wildman–Crippen LogP) is -1.44. The van der Waals surface area contributed by atoms with Crippen LogP contribution < -0.4 is 5.32 Å². The van der Waals surface area contributed by atoms with Gasteiger partial charge in [0, 0.05) is 19.1 Å². The first-order chi connectivity index (χ1) is 6.89. The largest absolute Gasteiger partial charge is 0.401 e. The number of rotatable bonds is 3. The highest BCUT2D eigenvalue weighted by Gasteiger charge is 2.44. The molecule has 2 rings (SSSR count). The second kappa shape index (κ2) is 3.83. The van der Waals surface area contributed by atoms with Crippen molar-refractivity contribution < 1.29 is 4.74 Å². The summed E-state index contributed by atoms with van der Waals surface area (Å²) in [7, 11) is 18.3. The van der Waals surface area contributed by atoms with E-state index in [9.17, 15) is 0 Å². The van der Waals surface area contributed by atoms with Crippen LogP contribution in [0.3, 0.4) is 0 Å². The molecule has 3 nitrogen and oxygen atoms in total. The van der Waals surface area contributed by atoms with Crippen molar-refractivity contribution in [3.05, 3.63) is 0 Å². The molecule has 76 valence electrons. The van der Waals surface area contributed by atoms with Gasteiger partial charge in [-0.2, -0.15) is 0 Å². The van der Waals surface area contributed by atoms with Crippen LogP contribution in [0.25, 0.3) is 0 Å². The minimum atomic E-state index is -1.52. The lowest BCUT2D eigenvalue weighted by Gasteiger charge is -2.41. The third kappa shape index (κ3) is 2.80. The van der Waals surface area contributed by atoms with Crippen molar-refractivity contribution in [2.45, 2.75) is 29.7 Å². The summed E-state index contributed by atoms with van der Waals surface area (Å²) in [5.74, 6) is 0. The van der Waals surface area contributed by atoms with Gasteiger partial charge in [0.05, 0.1) is 35.7 Å². The number of ether oxygens (including phenoxy) is 1.